The zero-order chi connectivity index (χ0) is 20.2. The number of unbranched alkanes of at least 4 members (excludes halogenated alkanes) is 3. The van der Waals surface area contributed by atoms with Crippen molar-refractivity contribution in [2.45, 2.75) is 51.0 Å². The molecule has 2 N–H and O–H groups in total. The lowest BCUT2D eigenvalue weighted by Crippen LogP contribution is -2.33. The van der Waals surface area contributed by atoms with Crippen LogP contribution in [-0.4, -0.2) is 49.1 Å². The van der Waals surface area contributed by atoms with Crippen molar-refractivity contribution in [1.82, 2.24) is 9.80 Å². The lowest BCUT2D eigenvalue weighted by molar-refractivity contribution is 0.207. The van der Waals surface area contributed by atoms with Crippen LogP contribution in [0.5, 0.6) is 0 Å². The van der Waals surface area contributed by atoms with Crippen LogP contribution in [0.4, 0.5) is 0 Å². The average molecular weight is 394 g/mol. The van der Waals surface area contributed by atoms with Crippen molar-refractivity contribution in [1.29, 1.82) is 0 Å². The molecule has 0 aromatic heterocycles. The third-order valence-corrected chi connectivity index (χ3v) is 6.25. The fraction of sp³-hybridized carbons (Fsp3) is 0.538. The SMILES string of the molecule is NCCN(CCCCCCN1CCC(c2ccccc2)CC1)Cc1ccccc1. The maximum absolute atomic E-state index is 5.82. The molecule has 1 aliphatic rings. The molecule has 3 heteroatoms. The molecule has 2 aromatic rings. The van der Waals surface area contributed by atoms with Gasteiger partial charge >= 0.3 is 0 Å². The molecule has 0 bridgehead atoms. The van der Waals surface area contributed by atoms with Gasteiger partial charge < -0.3 is 10.6 Å². The van der Waals surface area contributed by atoms with Crippen LogP contribution in [0, 0.1) is 0 Å². The number of likely N-dealkylation sites (tertiary alicyclic amines) is 1. The van der Waals surface area contributed by atoms with Gasteiger partial charge in [-0.3, -0.25) is 4.90 Å². The van der Waals surface area contributed by atoms with E-state index in [9.17, 15) is 0 Å². The zero-order valence-electron chi connectivity index (χ0n) is 18.0. The summed E-state index contributed by atoms with van der Waals surface area (Å²) in [4.78, 5) is 5.18. The summed E-state index contributed by atoms with van der Waals surface area (Å²) in [6, 6.07) is 21.8. The molecule has 0 spiro atoms. The van der Waals surface area contributed by atoms with E-state index in [1.165, 1.54) is 69.3 Å². The van der Waals surface area contributed by atoms with Gasteiger partial charge in [0.2, 0.25) is 0 Å². The first-order chi connectivity index (χ1) is 14.3. The fourth-order valence-electron chi connectivity index (χ4n) is 4.53. The van der Waals surface area contributed by atoms with Crippen LogP contribution in [0.2, 0.25) is 0 Å². The van der Waals surface area contributed by atoms with Crippen molar-refractivity contribution >= 4 is 0 Å². The third kappa shape index (κ3) is 7.93. The van der Waals surface area contributed by atoms with Gasteiger partial charge in [-0.25, -0.2) is 0 Å². The lowest BCUT2D eigenvalue weighted by Gasteiger charge is -2.32. The Morgan fingerprint density at radius 2 is 1.45 bits per heavy atom. The number of hydrogen-bond acceptors (Lipinski definition) is 3. The van der Waals surface area contributed by atoms with E-state index in [1.807, 2.05) is 0 Å². The summed E-state index contributed by atoms with van der Waals surface area (Å²) in [5.41, 5.74) is 8.74. The minimum atomic E-state index is 0.742. The van der Waals surface area contributed by atoms with Crippen molar-refractivity contribution in [2.75, 3.05) is 39.3 Å². The van der Waals surface area contributed by atoms with Crippen LogP contribution in [0.1, 0.15) is 55.6 Å². The van der Waals surface area contributed by atoms with Crippen LogP contribution in [0.3, 0.4) is 0 Å². The quantitative estimate of drug-likeness (QED) is 0.521. The average Bonchev–Trinajstić information content (AvgIpc) is 2.78. The summed E-state index contributed by atoms with van der Waals surface area (Å²) in [7, 11) is 0. The van der Waals surface area contributed by atoms with Gasteiger partial charge in [0.25, 0.3) is 0 Å². The molecule has 3 nitrogen and oxygen atoms in total. The predicted molar refractivity (Wildman–Crippen MR) is 124 cm³/mol. The van der Waals surface area contributed by atoms with Gasteiger partial charge in [0.15, 0.2) is 0 Å². The second-order valence-corrected chi connectivity index (χ2v) is 8.49. The molecule has 0 radical (unpaired) electrons. The van der Waals surface area contributed by atoms with E-state index < -0.39 is 0 Å². The second-order valence-electron chi connectivity index (χ2n) is 8.49. The summed E-state index contributed by atoms with van der Waals surface area (Å²) >= 11 is 0. The van der Waals surface area contributed by atoms with Crippen LogP contribution in [0.15, 0.2) is 60.7 Å². The molecule has 0 amide bonds. The number of piperidine rings is 1. The van der Waals surface area contributed by atoms with E-state index in [1.54, 1.807) is 0 Å². The molecule has 2 aromatic carbocycles. The normalized spacial score (nSPS) is 15.8. The highest BCUT2D eigenvalue weighted by molar-refractivity contribution is 5.20. The molecule has 0 aliphatic carbocycles. The maximum atomic E-state index is 5.82. The van der Waals surface area contributed by atoms with Gasteiger partial charge in [-0.15, -0.1) is 0 Å². The van der Waals surface area contributed by atoms with Gasteiger partial charge in [0.05, 0.1) is 0 Å². The molecule has 1 aliphatic heterocycles. The molecule has 1 fully saturated rings. The van der Waals surface area contributed by atoms with Gasteiger partial charge in [-0.1, -0.05) is 73.5 Å². The van der Waals surface area contributed by atoms with Gasteiger partial charge in [0, 0.05) is 19.6 Å². The highest BCUT2D eigenvalue weighted by Crippen LogP contribution is 2.27. The Morgan fingerprint density at radius 3 is 2.14 bits per heavy atom. The maximum Gasteiger partial charge on any atom is 0.0234 e. The molecular weight excluding hydrogens is 354 g/mol. The van der Waals surface area contributed by atoms with Crippen LogP contribution >= 0.6 is 0 Å². The summed E-state index contributed by atoms with van der Waals surface area (Å²) in [6.07, 6.45) is 7.93. The smallest absolute Gasteiger partial charge is 0.0234 e. The van der Waals surface area contributed by atoms with Crippen molar-refractivity contribution in [2.24, 2.45) is 5.73 Å². The highest BCUT2D eigenvalue weighted by Gasteiger charge is 2.19. The standard InChI is InChI=1S/C26H39N3/c27-17-22-29(23-24-11-5-3-6-12-24)19-10-2-1-9-18-28-20-15-26(16-21-28)25-13-7-4-8-14-25/h3-8,11-14,26H,1-2,9-10,15-23,27H2. The summed E-state index contributed by atoms with van der Waals surface area (Å²) in [6.45, 7) is 7.72. The molecule has 1 heterocycles. The Balaban J connectivity index is 1.25. The van der Waals surface area contributed by atoms with E-state index in [-0.39, 0.29) is 0 Å². The summed E-state index contributed by atoms with van der Waals surface area (Å²) in [5.74, 6) is 0.769. The predicted octanol–water partition coefficient (Wildman–Crippen LogP) is 4.89. The van der Waals surface area contributed by atoms with Crippen molar-refractivity contribution in [3.8, 4) is 0 Å². The van der Waals surface area contributed by atoms with E-state index in [4.69, 9.17) is 5.73 Å². The Labute approximate surface area is 177 Å². The molecule has 3 rings (SSSR count). The molecule has 1 saturated heterocycles. The Morgan fingerprint density at radius 1 is 0.793 bits per heavy atom. The first-order valence-corrected chi connectivity index (χ1v) is 11.6. The van der Waals surface area contributed by atoms with E-state index in [0.717, 1.165) is 32.1 Å². The van der Waals surface area contributed by atoms with Crippen LogP contribution in [0.25, 0.3) is 0 Å². The third-order valence-electron chi connectivity index (χ3n) is 6.25. The van der Waals surface area contributed by atoms with Crippen LogP contribution in [-0.2, 0) is 6.54 Å². The Bertz CT molecular complexity index is 650. The molecule has 0 atom stereocenters. The molecule has 0 saturated carbocycles. The van der Waals surface area contributed by atoms with Crippen molar-refractivity contribution < 1.29 is 0 Å². The summed E-state index contributed by atoms with van der Waals surface area (Å²) in [5, 5.41) is 0. The number of nitrogens with zero attached hydrogens (tertiary/aromatic N) is 2. The zero-order valence-corrected chi connectivity index (χ0v) is 18.0. The Hall–Kier alpha value is -1.68. The first-order valence-electron chi connectivity index (χ1n) is 11.6. The first kappa shape index (κ1) is 22.0. The van der Waals surface area contributed by atoms with Crippen molar-refractivity contribution in [3.63, 3.8) is 0 Å². The molecule has 158 valence electrons. The molecule has 0 unspecified atom stereocenters. The largest absolute Gasteiger partial charge is 0.329 e. The minimum absolute atomic E-state index is 0.742. The molecular formula is C26H39N3. The Kier molecular flexibility index (Phi) is 9.71. The van der Waals surface area contributed by atoms with E-state index in [0.29, 0.717) is 0 Å². The summed E-state index contributed by atoms with van der Waals surface area (Å²) < 4.78 is 0. The van der Waals surface area contributed by atoms with Gasteiger partial charge in [-0.2, -0.15) is 0 Å². The van der Waals surface area contributed by atoms with Gasteiger partial charge in [0.1, 0.15) is 0 Å². The van der Waals surface area contributed by atoms with Gasteiger partial charge in [-0.05, 0) is 68.9 Å². The number of benzene rings is 2. The second kappa shape index (κ2) is 12.8. The van der Waals surface area contributed by atoms with Crippen molar-refractivity contribution in [3.05, 3.63) is 71.8 Å². The number of hydrogen-bond donors (Lipinski definition) is 1. The minimum Gasteiger partial charge on any atom is -0.329 e. The van der Waals surface area contributed by atoms with E-state index in [2.05, 4.69) is 70.5 Å². The topological polar surface area (TPSA) is 32.5 Å². The highest BCUT2D eigenvalue weighted by atomic mass is 15.1. The lowest BCUT2D eigenvalue weighted by atomic mass is 9.89. The number of rotatable bonds is 12. The monoisotopic (exact) mass is 393 g/mol. The molecule has 29 heavy (non-hydrogen) atoms. The van der Waals surface area contributed by atoms with E-state index >= 15 is 0 Å². The fourth-order valence-corrected chi connectivity index (χ4v) is 4.53. The number of nitrogens with two attached hydrogens (primary N) is 1. The van der Waals surface area contributed by atoms with Crippen LogP contribution < -0.4 is 5.73 Å².